The lowest BCUT2D eigenvalue weighted by molar-refractivity contribution is 0.282. The summed E-state index contributed by atoms with van der Waals surface area (Å²) in [5, 5.41) is 10.4. The van der Waals surface area contributed by atoms with E-state index >= 15 is 0 Å². The van der Waals surface area contributed by atoms with E-state index in [0.717, 1.165) is 0 Å². The Morgan fingerprint density at radius 3 is 2.61 bits per heavy atom. The van der Waals surface area contributed by atoms with Crippen LogP contribution in [-0.4, -0.2) is 10.1 Å². The summed E-state index contributed by atoms with van der Waals surface area (Å²) in [5.41, 5.74) is 7.55. The molecule has 0 aliphatic carbocycles. The molecule has 1 aromatic heterocycles. The smallest absolute Gasteiger partial charge is 0.131 e. The van der Waals surface area contributed by atoms with Gasteiger partial charge in [0.2, 0.25) is 0 Å². The van der Waals surface area contributed by atoms with E-state index in [-0.39, 0.29) is 12.4 Å². The summed E-state index contributed by atoms with van der Waals surface area (Å²) in [6.45, 7) is -0.178. The quantitative estimate of drug-likeness (QED) is 0.830. The molecule has 0 saturated heterocycles. The van der Waals surface area contributed by atoms with Crippen molar-refractivity contribution in [3.8, 4) is 11.1 Å². The Bertz CT molecular complexity index is 602. The van der Waals surface area contributed by atoms with E-state index in [1.165, 1.54) is 6.20 Å². The molecule has 1 aromatic carbocycles. The van der Waals surface area contributed by atoms with E-state index in [1.54, 1.807) is 18.2 Å². The van der Waals surface area contributed by atoms with Crippen LogP contribution < -0.4 is 5.73 Å². The highest BCUT2D eigenvalue weighted by molar-refractivity contribution is 6.45. The number of hydrogen-bond donors (Lipinski definition) is 2. The maximum absolute atomic E-state index is 9.34. The van der Waals surface area contributed by atoms with E-state index in [9.17, 15) is 5.11 Å². The van der Waals surface area contributed by atoms with Crippen LogP contribution in [0.4, 0.5) is 5.82 Å². The van der Waals surface area contributed by atoms with Crippen LogP contribution in [0.1, 0.15) is 5.56 Å². The minimum atomic E-state index is -0.178. The maximum Gasteiger partial charge on any atom is 0.131 e. The number of nitrogen functional groups attached to an aromatic ring is 1. The fraction of sp³-hybridized carbons (Fsp3) is 0.0833. The van der Waals surface area contributed by atoms with Gasteiger partial charge in [-0.15, -0.1) is 0 Å². The van der Waals surface area contributed by atoms with Crippen LogP contribution in [0.2, 0.25) is 15.1 Å². The number of aliphatic hydroxyl groups is 1. The Balaban J connectivity index is 2.76. The summed E-state index contributed by atoms with van der Waals surface area (Å²) in [4.78, 5) is 3.99. The molecular weight excluding hydrogens is 295 g/mol. The van der Waals surface area contributed by atoms with Gasteiger partial charge in [0.15, 0.2) is 0 Å². The Morgan fingerprint density at radius 2 is 1.94 bits per heavy atom. The zero-order valence-electron chi connectivity index (χ0n) is 9.12. The molecule has 3 nitrogen and oxygen atoms in total. The molecule has 94 valence electrons. The maximum atomic E-state index is 9.34. The first-order valence-corrected chi connectivity index (χ1v) is 6.17. The van der Waals surface area contributed by atoms with Crippen molar-refractivity contribution in [2.24, 2.45) is 0 Å². The molecule has 0 aliphatic heterocycles. The van der Waals surface area contributed by atoms with Gasteiger partial charge < -0.3 is 10.8 Å². The Morgan fingerprint density at radius 1 is 1.22 bits per heavy atom. The summed E-state index contributed by atoms with van der Waals surface area (Å²) < 4.78 is 0. The van der Waals surface area contributed by atoms with Crippen LogP contribution >= 0.6 is 34.8 Å². The summed E-state index contributed by atoms with van der Waals surface area (Å²) >= 11 is 18.1. The van der Waals surface area contributed by atoms with Crippen molar-refractivity contribution in [3.05, 3.63) is 45.0 Å². The van der Waals surface area contributed by atoms with Gasteiger partial charge in [0.25, 0.3) is 0 Å². The zero-order valence-corrected chi connectivity index (χ0v) is 11.4. The third-order valence-corrected chi connectivity index (χ3v) is 3.52. The third kappa shape index (κ3) is 2.40. The Kier molecular flexibility index (Phi) is 3.97. The van der Waals surface area contributed by atoms with Crippen LogP contribution in [0.5, 0.6) is 0 Å². The first kappa shape index (κ1) is 13.4. The highest BCUT2D eigenvalue weighted by atomic mass is 35.5. The zero-order chi connectivity index (χ0) is 13.3. The molecular formula is C12H9Cl3N2O. The summed E-state index contributed by atoms with van der Waals surface area (Å²) in [6, 6.07) is 4.85. The molecule has 0 unspecified atom stereocenters. The first-order chi connectivity index (χ1) is 8.54. The van der Waals surface area contributed by atoms with E-state index in [1.807, 2.05) is 0 Å². The fourth-order valence-electron chi connectivity index (χ4n) is 1.70. The number of aromatic nitrogens is 1. The topological polar surface area (TPSA) is 59.1 Å². The lowest BCUT2D eigenvalue weighted by Crippen LogP contribution is -1.99. The van der Waals surface area contributed by atoms with Crippen LogP contribution in [0.3, 0.4) is 0 Å². The van der Waals surface area contributed by atoms with Crippen molar-refractivity contribution < 1.29 is 5.11 Å². The average Bonchev–Trinajstić information content (AvgIpc) is 2.33. The standard InChI is InChI=1S/C12H9Cl3N2O/c13-7-3-8(11(15)9(14)4-7)10-6(5-18)1-2-17-12(10)16/h1-4,18H,5H2,(H2,16,17). The lowest BCUT2D eigenvalue weighted by atomic mass is 10.0. The predicted octanol–water partition coefficient (Wildman–Crippen LogP) is 3.78. The van der Waals surface area contributed by atoms with Crippen molar-refractivity contribution in [1.82, 2.24) is 4.98 Å². The molecule has 0 bridgehead atoms. The van der Waals surface area contributed by atoms with Gasteiger partial charge in [-0.3, -0.25) is 0 Å². The van der Waals surface area contributed by atoms with Crippen LogP contribution in [0.15, 0.2) is 24.4 Å². The highest BCUT2D eigenvalue weighted by Gasteiger charge is 2.15. The van der Waals surface area contributed by atoms with Crippen LogP contribution in [0.25, 0.3) is 11.1 Å². The minimum Gasteiger partial charge on any atom is -0.392 e. The molecule has 1 heterocycles. The molecule has 0 atom stereocenters. The molecule has 0 spiro atoms. The molecule has 2 rings (SSSR count). The van der Waals surface area contributed by atoms with E-state index in [0.29, 0.717) is 31.8 Å². The molecule has 0 radical (unpaired) electrons. The van der Waals surface area contributed by atoms with Crippen molar-refractivity contribution in [2.75, 3.05) is 5.73 Å². The van der Waals surface area contributed by atoms with E-state index in [2.05, 4.69) is 4.98 Å². The van der Waals surface area contributed by atoms with Crippen molar-refractivity contribution >= 4 is 40.6 Å². The summed E-state index contributed by atoms with van der Waals surface area (Å²) in [6.07, 6.45) is 1.52. The highest BCUT2D eigenvalue weighted by Crippen LogP contribution is 2.39. The van der Waals surface area contributed by atoms with Crippen molar-refractivity contribution in [2.45, 2.75) is 6.61 Å². The van der Waals surface area contributed by atoms with Gasteiger partial charge in [-0.1, -0.05) is 34.8 Å². The molecule has 18 heavy (non-hydrogen) atoms. The van der Waals surface area contributed by atoms with Gasteiger partial charge in [0, 0.05) is 22.3 Å². The van der Waals surface area contributed by atoms with Gasteiger partial charge in [0.05, 0.1) is 16.7 Å². The number of hydrogen-bond acceptors (Lipinski definition) is 3. The first-order valence-electron chi connectivity index (χ1n) is 5.03. The van der Waals surface area contributed by atoms with Gasteiger partial charge >= 0.3 is 0 Å². The van der Waals surface area contributed by atoms with Crippen LogP contribution in [0, 0.1) is 0 Å². The Labute approximate surface area is 119 Å². The number of benzene rings is 1. The number of halogens is 3. The summed E-state index contributed by atoms with van der Waals surface area (Å²) in [5.74, 6) is 0.266. The number of anilines is 1. The predicted molar refractivity (Wildman–Crippen MR) is 75.0 cm³/mol. The second-order valence-electron chi connectivity index (χ2n) is 3.64. The Hall–Kier alpha value is -1.000. The number of rotatable bonds is 2. The minimum absolute atomic E-state index is 0.178. The second kappa shape index (κ2) is 5.33. The summed E-state index contributed by atoms with van der Waals surface area (Å²) in [7, 11) is 0. The third-order valence-electron chi connectivity index (χ3n) is 2.50. The monoisotopic (exact) mass is 302 g/mol. The molecule has 2 aromatic rings. The van der Waals surface area contributed by atoms with Crippen molar-refractivity contribution in [3.63, 3.8) is 0 Å². The molecule has 0 saturated carbocycles. The number of nitrogens with zero attached hydrogens (tertiary/aromatic N) is 1. The molecule has 0 aliphatic rings. The van der Waals surface area contributed by atoms with Gasteiger partial charge in [-0.05, 0) is 23.8 Å². The van der Waals surface area contributed by atoms with Gasteiger partial charge in [0.1, 0.15) is 5.82 Å². The number of aliphatic hydroxyl groups excluding tert-OH is 1. The average molecular weight is 304 g/mol. The largest absolute Gasteiger partial charge is 0.392 e. The van der Waals surface area contributed by atoms with Gasteiger partial charge in [-0.25, -0.2) is 4.98 Å². The molecule has 3 N–H and O–H groups in total. The van der Waals surface area contributed by atoms with Crippen molar-refractivity contribution in [1.29, 1.82) is 0 Å². The van der Waals surface area contributed by atoms with E-state index in [4.69, 9.17) is 40.5 Å². The molecule has 0 fully saturated rings. The normalized spacial score (nSPS) is 10.7. The van der Waals surface area contributed by atoms with E-state index < -0.39 is 0 Å². The molecule has 6 heteroatoms. The fourth-order valence-corrected chi connectivity index (χ4v) is 2.40. The second-order valence-corrected chi connectivity index (χ2v) is 4.86. The SMILES string of the molecule is Nc1nccc(CO)c1-c1cc(Cl)cc(Cl)c1Cl. The number of pyridine rings is 1. The number of nitrogens with two attached hydrogens (primary N) is 1. The van der Waals surface area contributed by atoms with Gasteiger partial charge in [-0.2, -0.15) is 0 Å². The van der Waals surface area contributed by atoms with Crippen LogP contribution in [-0.2, 0) is 6.61 Å². The lowest BCUT2D eigenvalue weighted by Gasteiger charge is -2.12. The molecule has 0 amide bonds.